The van der Waals surface area contributed by atoms with Crippen LogP contribution in [0.4, 0.5) is 0 Å². The molecule has 0 fully saturated rings. The average molecular weight is 303 g/mol. The maximum atomic E-state index is 6.68. The molecule has 0 heterocycles. The molecule has 0 radical (unpaired) electrons. The lowest BCUT2D eigenvalue weighted by Gasteiger charge is -2.33. The van der Waals surface area contributed by atoms with Gasteiger partial charge in [0.05, 0.1) is 0 Å². The second kappa shape index (κ2) is 6.17. The van der Waals surface area contributed by atoms with Gasteiger partial charge in [0, 0.05) is 12.0 Å². The number of allylic oxidation sites excluding steroid dienone is 2. The summed E-state index contributed by atoms with van der Waals surface area (Å²) < 4.78 is 0. The summed E-state index contributed by atoms with van der Waals surface area (Å²) in [6.07, 6.45) is 4.64. The van der Waals surface area contributed by atoms with Gasteiger partial charge < -0.3 is 5.73 Å². The first-order valence-corrected chi connectivity index (χ1v) is 8.26. The van der Waals surface area contributed by atoms with Crippen LogP contribution in [0.3, 0.4) is 0 Å². The molecular formula is C22H25N. The number of hydrogen-bond donors (Lipinski definition) is 1. The van der Waals surface area contributed by atoms with E-state index in [9.17, 15) is 0 Å². The van der Waals surface area contributed by atoms with Crippen molar-refractivity contribution in [2.45, 2.75) is 32.7 Å². The van der Waals surface area contributed by atoms with Crippen LogP contribution in [0, 0.1) is 5.41 Å². The molecule has 1 heteroatoms. The van der Waals surface area contributed by atoms with E-state index in [4.69, 9.17) is 5.73 Å². The largest absolute Gasteiger partial charge is 0.323 e. The predicted octanol–water partition coefficient (Wildman–Crippen LogP) is 5.17. The third kappa shape index (κ3) is 3.30. The summed E-state index contributed by atoms with van der Waals surface area (Å²) in [7, 11) is 0. The highest BCUT2D eigenvalue weighted by Gasteiger charge is 2.29. The summed E-state index contributed by atoms with van der Waals surface area (Å²) in [6, 6.07) is 21.1. The quantitative estimate of drug-likeness (QED) is 0.814. The molecule has 0 aromatic heterocycles. The lowest BCUT2D eigenvalue weighted by Crippen LogP contribution is -2.32. The zero-order chi connectivity index (χ0) is 16.4. The van der Waals surface area contributed by atoms with Gasteiger partial charge in [0.15, 0.2) is 0 Å². The monoisotopic (exact) mass is 303 g/mol. The van der Waals surface area contributed by atoms with Crippen LogP contribution in [0.1, 0.15) is 37.8 Å². The molecule has 0 bridgehead atoms. The van der Waals surface area contributed by atoms with E-state index in [1.807, 2.05) is 6.07 Å². The van der Waals surface area contributed by atoms with Gasteiger partial charge in [-0.25, -0.2) is 0 Å². The van der Waals surface area contributed by atoms with E-state index in [-0.39, 0.29) is 17.4 Å². The molecular weight excluding hydrogens is 278 g/mol. The lowest BCUT2D eigenvalue weighted by atomic mass is 9.73. The smallest absolute Gasteiger partial charge is 0.0406 e. The van der Waals surface area contributed by atoms with Crippen molar-refractivity contribution in [3.05, 3.63) is 89.5 Å². The van der Waals surface area contributed by atoms with Gasteiger partial charge in [-0.05, 0) is 27.7 Å². The van der Waals surface area contributed by atoms with Crippen molar-refractivity contribution < 1.29 is 0 Å². The number of hydrogen-bond acceptors (Lipinski definition) is 1. The van der Waals surface area contributed by atoms with E-state index in [0.717, 1.165) is 0 Å². The summed E-state index contributed by atoms with van der Waals surface area (Å²) in [5.74, 6) is 0.214. The maximum absolute atomic E-state index is 6.68. The first kappa shape index (κ1) is 15.8. The molecule has 0 saturated heterocycles. The highest BCUT2D eigenvalue weighted by atomic mass is 14.7. The van der Waals surface area contributed by atoms with Gasteiger partial charge in [0.1, 0.15) is 0 Å². The lowest BCUT2D eigenvalue weighted by molar-refractivity contribution is 0.507. The van der Waals surface area contributed by atoms with Crippen LogP contribution >= 0.6 is 0 Å². The minimum Gasteiger partial charge on any atom is -0.323 e. The standard InChI is InChI=1S/C22H25N/c1-22(2,3)18-14-19(16-10-6-4-7-11-16)21(23)20(15-18)17-12-8-5-9-13-17/h4-15,19,21H,23H2,1-3H3/t19?,21-/m1/s1. The van der Waals surface area contributed by atoms with Crippen molar-refractivity contribution in [3.63, 3.8) is 0 Å². The van der Waals surface area contributed by atoms with Gasteiger partial charge in [-0.2, -0.15) is 0 Å². The zero-order valence-electron chi connectivity index (χ0n) is 14.2. The van der Waals surface area contributed by atoms with E-state index in [1.54, 1.807) is 0 Å². The van der Waals surface area contributed by atoms with Crippen molar-refractivity contribution in [1.29, 1.82) is 0 Å². The molecule has 1 nitrogen and oxygen atoms in total. The van der Waals surface area contributed by atoms with Crippen molar-refractivity contribution in [3.8, 4) is 0 Å². The molecule has 3 rings (SSSR count). The maximum Gasteiger partial charge on any atom is 0.0406 e. The van der Waals surface area contributed by atoms with Gasteiger partial charge in [0.2, 0.25) is 0 Å². The Morgan fingerprint density at radius 1 is 0.826 bits per heavy atom. The molecule has 1 aliphatic rings. The second-order valence-electron chi connectivity index (χ2n) is 7.30. The van der Waals surface area contributed by atoms with E-state index in [1.165, 1.54) is 22.3 Å². The molecule has 1 unspecified atom stereocenters. The molecule has 23 heavy (non-hydrogen) atoms. The van der Waals surface area contributed by atoms with Gasteiger partial charge in [-0.3, -0.25) is 0 Å². The van der Waals surface area contributed by atoms with Crippen LogP contribution in [0.25, 0.3) is 5.57 Å². The van der Waals surface area contributed by atoms with E-state index in [2.05, 4.69) is 87.5 Å². The summed E-state index contributed by atoms with van der Waals surface area (Å²) in [4.78, 5) is 0. The normalized spacial score (nSPS) is 21.6. The fraction of sp³-hybridized carbons (Fsp3) is 0.273. The Balaban J connectivity index is 2.10. The third-order valence-corrected chi connectivity index (χ3v) is 4.57. The molecule has 2 aromatic rings. The Morgan fingerprint density at radius 3 is 1.96 bits per heavy atom. The van der Waals surface area contributed by atoms with Crippen LogP contribution in [-0.2, 0) is 0 Å². The Bertz CT molecular complexity index is 718. The van der Waals surface area contributed by atoms with Crippen molar-refractivity contribution in [2.75, 3.05) is 0 Å². The fourth-order valence-electron chi connectivity index (χ4n) is 3.15. The Hall–Kier alpha value is -2.12. The van der Waals surface area contributed by atoms with E-state index in [0.29, 0.717) is 0 Å². The van der Waals surface area contributed by atoms with Crippen LogP contribution in [-0.4, -0.2) is 6.04 Å². The first-order valence-electron chi connectivity index (χ1n) is 8.26. The van der Waals surface area contributed by atoms with E-state index >= 15 is 0 Å². The van der Waals surface area contributed by atoms with Gasteiger partial charge in [0.25, 0.3) is 0 Å². The van der Waals surface area contributed by atoms with E-state index < -0.39 is 0 Å². The SMILES string of the molecule is CC(C)(C)C1=CC(c2ccccc2)[C@@H](N)C(c2ccccc2)=C1. The van der Waals surface area contributed by atoms with Gasteiger partial charge in [-0.15, -0.1) is 0 Å². The molecule has 2 atom stereocenters. The summed E-state index contributed by atoms with van der Waals surface area (Å²) in [5.41, 5.74) is 11.9. The number of benzene rings is 2. The Labute approximate surface area is 139 Å². The summed E-state index contributed by atoms with van der Waals surface area (Å²) in [6.45, 7) is 6.78. The van der Waals surface area contributed by atoms with Crippen LogP contribution in [0.5, 0.6) is 0 Å². The average Bonchev–Trinajstić information content (AvgIpc) is 2.55. The fourth-order valence-corrected chi connectivity index (χ4v) is 3.15. The molecule has 1 aliphatic carbocycles. The highest BCUT2D eigenvalue weighted by Crippen LogP contribution is 2.40. The molecule has 118 valence electrons. The number of rotatable bonds is 2. The Morgan fingerprint density at radius 2 is 1.39 bits per heavy atom. The van der Waals surface area contributed by atoms with Crippen LogP contribution in [0.2, 0.25) is 0 Å². The topological polar surface area (TPSA) is 26.0 Å². The molecule has 0 aliphatic heterocycles. The van der Waals surface area contributed by atoms with Crippen molar-refractivity contribution in [1.82, 2.24) is 0 Å². The molecule has 0 spiro atoms. The zero-order valence-corrected chi connectivity index (χ0v) is 14.2. The highest BCUT2D eigenvalue weighted by molar-refractivity contribution is 5.75. The van der Waals surface area contributed by atoms with Crippen molar-refractivity contribution in [2.24, 2.45) is 11.1 Å². The second-order valence-corrected chi connectivity index (χ2v) is 7.30. The molecule has 0 saturated carbocycles. The first-order chi connectivity index (χ1) is 11.0. The predicted molar refractivity (Wildman–Crippen MR) is 99.1 cm³/mol. The van der Waals surface area contributed by atoms with Crippen LogP contribution < -0.4 is 5.73 Å². The van der Waals surface area contributed by atoms with Crippen molar-refractivity contribution >= 4 is 5.57 Å². The minimum atomic E-state index is -0.0223. The summed E-state index contributed by atoms with van der Waals surface area (Å²) in [5, 5.41) is 0. The number of nitrogens with two attached hydrogens (primary N) is 1. The molecule has 2 aromatic carbocycles. The van der Waals surface area contributed by atoms with Crippen LogP contribution in [0.15, 0.2) is 78.4 Å². The summed E-state index contributed by atoms with van der Waals surface area (Å²) >= 11 is 0. The Kier molecular flexibility index (Phi) is 4.23. The van der Waals surface area contributed by atoms with Gasteiger partial charge in [-0.1, -0.05) is 93.6 Å². The molecule has 2 N–H and O–H groups in total. The van der Waals surface area contributed by atoms with Gasteiger partial charge >= 0.3 is 0 Å². The molecule has 0 amide bonds. The minimum absolute atomic E-state index is 0.0223. The third-order valence-electron chi connectivity index (χ3n) is 4.57.